The molecule has 6 rings (SSSR count). The second-order valence-corrected chi connectivity index (χ2v) is 9.18. The van der Waals surface area contributed by atoms with E-state index in [2.05, 4.69) is 5.11 Å². The summed E-state index contributed by atoms with van der Waals surface area (Å²) >= 11 is 0. The third-order valence-electron chi connectivity index (χ3n) is 8.92. The zero-order valence-corrected chi connectivity index (χ0v) is 14.1. The largest absolute Gasteiger partial charge is 0.600 e. The van der Waals surface area contributed by atoms with Gasteiger partial charge in [-0.2, -0.15) is 0 Å². The van der Waals surface area contributed by atoms with Crippen LogP contribution >= 0.6 is 0 Å². The smallest absolute Gasteiger partial charge is 0.257 e. The highest BCUT2D eigenvalue weighted by atomic mass is 16.6. The molecule has 0 radical (unpaired) electrons. The number of hydrogen-bond donors (Lipinski definition) is 0. The van der Waals surface area contributed by atoms with Gasteiger partial charge >= 0.3 is 0 Å². The first-order valence-corrected chi connectivity index (χ1v) is 8.81. The van der Waals surface area contributed by atoms with Crippen LogP contribution in [0.1, 0.15) is 47.0 Å². The molecule has 3 saturated carbocycles. The van der Waals surface area contributed by atoms with E-state index >= 15 is 0 Å². The number of rotatable bonds is 0. The van der Waals surface area contributed by atoms with Gasteiger partial charge in [-0.15, -0.1) is 0 Å². The molecule has 7 heteroatoms. The van der Waals surface area contributed by atoms with E-state index < -0.39 is 16.5 Å². The summed E-state index contributed by atoms with van der Waals surface area (Å²) in [6, 6.07) is -0.347. The molecule has 0 aromatic rings. The number of hydrogen-bond acceptors (Lipinski definition) is 4. The first-order chi connectivity index (χ1) is 10.7. The van der Waals surface area contributed by atoms with Gasteiger partial charge in [-0.05, 0) is 37.7 Å². The molecule has 3 aliphatic heterocycles. The van der Waals surface area contributed by atoms with Crippen LogP contribution in [-0.4, -0.2) is 37.7 Å². The highest BCUT2D eigenvalue weighted by Crippen LogP contribution is 2.72. The van der Waals surface area contributed by atoms with Crippen molar-refractivity contribution in [2.24, 2.45) is 34.2 Å². The van der Waals surface area contributed by atoms with Gasteiger partial charge in [0.2, 0.25) is 6.04 Å². The van der Waals surface area contributed by atoms with Crippen molar-refractivity contribution in [2.45, 2.75) is 70.1 Å². The van der Waals surface area contributed by atoms with Crippen molar-refractivity contribution in [1.29, 1.82) is 0 Å². The predicted octanol–water partition coefficient (Wildman–Crippen LogP) is 2.41. The van der Waals surface area contributed by atoms with Crippen molar-refractivity contribution in [3.05, 3.63) is 15.6 Å². The van der Waals surface area contributed by atoms with Gasteiger partial charge in [0, 0.05) is 29.5 Å². The third kappa shape index (κ3) is 1.04. The molecule has 0 N–H and O–H groups in total. The van der Waals surface area contributed by atoms with Gasteiger partial charge in [0.05, 0.1) is 5.92 Å². The SMILES string of the molecule is CC12C3C4[C@@H]5CCCC5[C@H](N=[N+]4[O-])[C@@H]3[C@](C)([N+]([O-])=[N+]1[O-])C2(C)C. The standard InChI is InChI=1S/C16H24N4O3/c1-14(2)15(3)10-11(16(14,4)20(23)19(15)22)13-9-7-5-6-8(9)12(10)17-18(13)21/h8-13H,5-7H2,1-4H3/t8?,9-,10-,11?,12+,13?,15+,16?/m1/s1. The summed E-state index contributed by atoms with van der Waals surface area (Å²) in [4.78, 5) is 2.23. The molecule has 126 valence electrons. The molecule has 3 aliphatic carbocycles. The summed E-state index contributed by atoms with van der Waals surface area (Å²) in [5.41, 5.74) is -2.13. The van der Waals surface area contributed by atoms with Crippen molar-refractivity contribution >= 4 is 0 Å². The highest BCUT2D eigenvalue weighted by Gasteiger charge is 2.93. The van der Waals surface area contributed by atoms with Crippen molar-refractivity contribution in [2.75, 3.05) is 0 Å². The average Bonchev–Trinajstić information content (AvgIpc) is 3.07. The minimum absolute atomic E-state index is 0.000231. The summed E-state index contributed by atoms with van der Waals surface area (Å²) in [6.45, 7) is 7.88. The van der Waals surface area contributed by atoms with Crippen LogP contribution in [0.4, 0.5) is 0 Å². The van der Waals surface area contributed by atoms with Crippen molar-refractivity contribution in [1.82, 2.24) is 0 Å². The fraction of sp³-hybridized carbons (Fsp3) is 1.00. The lowest BCUT2D eigenvalue weighted by Crippen LogP contribution is -2.67. The van der Waals surface area contributed by atoms with Gasteiger partial charge in [0.15, 0.2) is 0 Å². The van der Waals surface area contributed by atoms with E-state index in [0.29, 0.717) is 21.6 Å². The van der Waals surface area contributed by atoms with E-state index in [-0.39, 0.29) is 23.9 Å². The van der Waals surface area contributed by atoms with Gasteiger partial charge in [-0.25, -0.2) is 0 Å². The lowest BCUT2D eigenvalue weighted by molar-refractivity contribution is -1.01. The first-order valence-electron chi connectivity index (χ1n) is 8.81. The minimum atomic E-state index is -0.844. The van der Waals surface area contributed by atoms with Crippen LogP contribution in [-0.2, 0) is 0 Å². The fourth-order valence-electron chi connectivity index (χ4n) is 7.31. The van der Waals surface area contributed by atoms with E-state index in [9.17, 15) is 15.6 Å². The average molecular weight is 320 g/mol. The van der Waals surface area contributed by atoms with E-state index in [4.69, 9.17) is 0 Å². The monoisotopic (exact) mass is 320 g/mol. The fourth-order valence-corrected chi connectivity index (χ4v) is 7.31. The molecule has 7 nitrogen and oxygen atoms in total. The molecule has 8 atom stereocenters. The zero-order valence-electron chi connectivity index (χ0n) is 14.1. The van der Waals surface area contributed by atoms with E-state index in [0.717, 1.165) is 24.1 Å². The third-order valence-corrected chi connectivity index (χ3v) is 8.92. The maximum absolute atomic E-state index is 12.8. The summed E-state index contributed by atoms with van der Waals surface area (Å²) < 4.78 is 0. The Balaban J connectivity index is 1.79. The Bertz CT molecular complexity index is 689. The molecule has 0 saturated heterocycles. The Hall–Kier alpha value is -1.40. The zero-order chi connectivity index (χ0) is 16.5. The van der Waals surface area contributed by atoms with Crippen LogP contribution in [0.3, 0.4) is 0 Å². The molecule has 6 aliphatic rings. The highest BCUT2D eigenvalue weighted by molar-refractivity contribution is 5.26. The lowest BCUT2D eigenvalue weighted by atomic mass is 9.58. The number of azo groups is 2. The number of nitrogens with zero attached hydrogens (tertiary/aromatic N) is 4. The summed E-state index contributed by atoms with van der Waals surface area (Å²) in [5, 5.41) is 42.7. The maximum atomic E-state index is 12.8. The first kappa shape index (κ1) is 14.0. The van der Waals surface area contributed by atoms with E-state index in [1.54, 1.807) is 0 Å². The molecule has 3 heterocycles. The minimum Gasteiger partial charge on any atom is -0.600 e. The summed E-state index contributed by atoms with van der Waals surface area (Å²) in [6.07, 6.45) is 3.28. The second kappa shape index (κ2) is 3.49. The van der Waals surface area contributed by atoms with E-state index in [1.807, 2.05) is 27.7 Å². The molecule has 0 amide bonds. The van der Waals surface area contributed by atoms with Crippen LogP contribution in [0, 0.1) is 44.7 Å². The Morgan fingerprint density at radius 1 is 0.870 bits per heavy atom. The molecule has 0 aromatic carbocycles. The maximum Gasteiger partial charge on any atom is 0.257 e. The number of hydroxylamine groups is 3. The normalized spacial score (nSPS) is 58.3. The Morgan fingerprint density at radius 3 is 2.09 bits per heavy atom. The lowest BCUT2D eigenvalue weighted by Gasteiger charge is -2.49. The van der Waals surface area contributed by atoms with E-state index in [1.165, 1.54) is 0 Å². The molecule has 0 spiro atoms. The van der Waals surface area contributed by atoms with Crippen molar-refractivity contribution in [3.63, 3.8) is 0 Å². The Morgan fingerprint density at radius 2 is 1.43 bits per heavy atom. The van der Waals surface area contributed by atoms with Crippen LogP contribution in [0.15, 0.2) is 5.11 Å². The number of fused-ring (bicyclic) bond motifs is 2. The van der Waals surface area contributed by atoms with Crippen molar-refractivity contribution in [3.8, 4) is 0 Å². The van der Waals surface area contributed by atoms with Gasteiger partial charge in [0.25, 0.3) is 11.1 Å². The summed E-state index contributed by atoms with van der Waals surface area (Å²) in [5.74, 6) is 0.667. The van der Waals surface area contributed by atoms with Crippen LogP contribution in [0.5, 0.6) is 0 Å². The molecular weight excluding hydrogens is 296 g/mol. The molecular formula is C16H24N4O3. The van der Waals surface area contributed by atoms with Gasteiger partial charge in [0.1, 0.15) is 17.4 Å². The molecule has 23 heavy (non-hydrogen) atoms. The predicted molar refractivity (Wildman–Crippen MR) is 79.3 cm³/mol. The van der Waals surface area contributed by atoms with Gasteiger partial charge < -0.3 is 15.6 Å². The van der Waals surface area contributed by atoms with Crippen LogP contribution in [0.2, 0.25) is 0 Å². The topological polar surface area (TPSA) is 90.6 Å². The van der Waals surface area contributed by atoms with Crippen LogP contribution < -0.4 is 0 Å². The molecule has 0 aromatic heterocycles. The quantitative estimate of drug-likeness (QED) is 0.507. The van der Waals surface area contributed by atoms with Crippen molar-refractivity contribution < 1.29 is 14.6 Å². The van der Waals surface area contributed by atoms with Crippen LogP contribution in [0.25, 0.3) is 0 Å². The Labute approximate surface area is 135 Å². The molecule has 3 fully saturated rings. The van der Waals surface area contributed by atoms with Gasteiger partial charge in [-0.3, -0.25) is 0 Å². The molecule has 4 unspecified atom stereocenters. The van der Waals surface area contributed by atoms with Gasteiger partial charge in [-0.1, -0.05) is 11.3 Å². The summed E-state index contributed by atoms with van der Waals surface area (Å²) in [7, 11) is 0. The second-order valence-electron chi connectivity index (χ2n) is 9.18. The Kier molecular flexibility index (Phi) is 2.12. The molecule has 4 bridgehead atoms.